The molecule has 2 rings (SSSR count). The molecule has 0 saturated carbocycles. The third kappa shape index (κ3) is 5.31. The van der Waals surface area contributed by atoms with Crippen molar-refractivity contribution in [2.24, 2.45) is 0 Å². The molecule has 1 amide bonds. The van der Waals surface area contributed by atoms with Crippen molar-refractivity contribution >= 4 is 18.0 Å². The lowest BCUT2D eigenvalue weighted by molar-refractivity contribution is -0.126. The zero-order chi connectivity index (χ0) is 18.2. The Morgan fingerprint density at radius 1 is 1.08 bits per heavy atom. The summed E-state index contributed by atoms with van der Waals surface area (Å²) in [5.74, 6) is -1.02. The van der Waals surface area contributed by atoms with E-state index in [9.17, 15) is 9.59 Å². The number of carboxylic acids is 1. The van der Waals surface area contributed by atoms with E-state index in [1.807, 2.05) is 25.2 Å². The number of carbonyl (C=O) groups excluding carboxylic acids is 1. The van der Waals surface area contributed by atoms with Gasteiger partial charge in [0.05, 0.1) is 5.56 Å². The van der Waals surface area contributed by atoms with Crippen LogP contribution in [0.1, 0.15) is 34.8 Å². The van der Waals surface area contributed by atoms with Crippen LogP contribution in [0.5, 0.6) is 0 Å². The first kappa shape index (κ1) is 18.5. The second kappa shape index (κ2) is 8.83. The number of likely N-dealkylation sites (N-methyl/N-ethyl adjacent to an activating group) is 1. The van der Waals surface area contributed by atoms with Gasteiger partial charge in [0.2, 0.25) is 5.91 Å². The Morgan fingerprint density at radius 3 is 2.28 bits per heavy atom. The molecule has 0 bridgehead atoms. The number of benzene rings is 2. The smallest absolute Gasteiger partial charge is 0.335 e. The summed E-state index contributed by atoms with van der Waals surface area (Å²) in [6.07, 6.45) is 4.93. The largest absolute Gasteiger partial charge is 0.478 e. The first-order valence-electron chi connectivity index (χ1n) is 8.33. The zero-order valence-electron chi connectivity index (χ0n) is 14.6. The van der Waals surface area contributed by atoms with Crippen LogP contribution in [-0.4, -0.2) is 35.0 Å². The molecule has 0 spiro atoms. The molecular weight excluding hydrogens is 314 g/mol. The molecule has 1 N–H and O–H groups in total. The summed E-state index contributed by atoms with van der Waals surface area (Å²) in [7, 11) is 1.82. The highest BCUT2D eigenvalue weighted by Gasteiger charge is 2.16. The van der Waals surface area contributed by atoms with Crippen LogP contribution in [0.3, 0.4) is 0 Å². The first-order chi connectivity index (χ1) is 12.0. The molecule has 0 heterocycles. The summed E-state index contributed by atoms with van der Waals surface area (Å²) in [6, 6.07) is 16.7. The van der Waals surface area contributed by atoms with Gasteiger partial charge in [-0.15, -0.1) is 0 Å². The quantitative estimate of drug-likeness (QED) is 0.780. The zero-order valence-corrected chi connectivity index (χ0v) is 14.6. The Bertz CT molecular complexity index is 735. The number of carboxylic acid groups (broad SMARTS) is 1. The van der Waals surface area contributed by atoms with E-state index in [1.54, 1.807) is 23.1 Å². The molecule has 1 unspecified atom stereocenters. The fourth-order valence-electron chi connectivity index (χ4n) is 2.64. The number of nitrogens with zero attached hydrogens (tertiary/aromatic N) is 1. The molecular formula is C21H23NO3. The Kier molecular flexibility index (Phi) is 6.52. The van der Waals surface area contributed by atoms with Crippen molar-refractivity contribution in [3.63, 3.8) is 0 Å². The van der Waals surface area contributed by atoms with Crippen molar-refractivity contribution in [3.05, 3.63) is 77.4 Å². The SMILES string of the molecule is CCC(Cc1ccccc1)N(C)C(=O)C=Cc1ccc(C(=O)O)cc1. The first-order valence-corrected chi connectivity index (χ1v) is 8.33. The molecule has 4 nitrogen and oxygen atoms in total. The maximum atomic E-state index is 12.4. The van der Waals surface area contributed by atoms with Gasteiger partial charge in [-0.1, -0.05) is 49.4 Å². The van der Waals surface area contributed by atoms with Gasteiger partial charge in [-0.05, 0) is 42.2 Å². The maximum absolute atomic E-state index is 12.4. The van der Waals surface area contributed by atoms with Gasteiger partial charge in [0, 0.05) is 19.2 Å². The molecule has 0 aliphatic rings. The fourth-order valence-corrected chi connectivity index (χ4v) is 2.64. The Balaban J connectivity index is 2.01. The molecule has 130 valence electrons. The van der Waals surface area contributed by atoms with Crippen molar-refractivity contribution in [1.82, 2.24) is 4.90 Å². The number of amides is 1. The predicted molar refractivity (Wildman–Crippen MR) is 99.4 cm³/mol. The van der Waals surface area contributed by atoms with Crippen LogP contribution >= 0.6 is 0 Å². The fraction of sp³-hybridized carbons (Fsp3) is 0.238. The minimum absolute atomic E-state index is 0.0647. The Hall–Kier alpha value is -2.88. The molecule has 25 heavy (non-hydrogen) atoms. The number of aromatic carboxylic acids is 1. The van der Waals surface area contributed by atoms with Crippen molar-refractivity contribution in [1.29, 1.82) is 0 Å². The second-order valence-electron chi connectivity index (χ2n) is 5.96. The Labute approximate surface area is 148 Å². The van der Waals surface area contributed by atoms with Crippen molar-refractivity contribution < 1.29 is 14.7 Å². The van der Waals surface area contributed by atoms with Crippen LogP contribution in [0.4, 0.5) is 0 Å². The molecule has 2 aromatic carbocycles. The molecule has 0 aliphatic carbocycles. The number of carbonyl (C=O) groups is 2. The topological polar surface area (TPSA) is 57.6 Å². The predicted octanol–water partition coefficient (Wildman–Crippen LogP) is 3.88. The summed E-state index contributed by atoms with van der Waals surface area (Å²) in [4.78, 5) is 25.0. The maximum Gasteiger partial charge on any atom is 0.335 e. The lowest BCUT2D eigenvalue weighted by Crippen LogP contribution is -2.37. The minimum Gasteiger partial charge on any atom is -0.478 e. The molecule has 4 heteroatoms. The number of rotatable bonds is 7. The van der Waals surface area contributed by atoms with Crippen LogP contribution in [-0.2, 0) is 11.2 Å². The molecule has 0 saturated heterocycles. The van der Waals surface area contributed by atoms with Crippen molar-refractivity contribution in [2.75, 3.05) is 7.05 Å². The minimum atomic E-state index is -0.960. The van der Waals surface area contributed by atoms with E-state index >= 15 is 0 Å². The highest BCUT2D eigenvalue weighted by atomic mass is 16.4. The molecule has 0 fully saturated rings. The van der Waals surface area contributed by atoms with E-state index in [0.29, 0.717) is 0 Å². The van der Waals surface area contributed by atoms with Gasteiger partial charge >= 0.3 is 5.97 Å². The normalized spacial score (nSPS) is 12.1. The van der Waals surface area contributed by atoms with Crippen LogP contribution < -0.4 is 0 Å². The lowest BCUT2D eigenvalue weighted by atomic mass is 10.0. The second-order valence-corrected chi connectivity index (χ2v) is 5.96. The molecule has 0 aliphatic heterocycles. The van der Waals surface area contributed by atoms with Crippen LogP contribution in [0, 0.1) is 0 Å². The van der Waals surface area contributed by atoms with Crippen LogP contribution in [0.2, 0.25) is 0 Å². The average molecular weight is 337 g/mol. The van der Waals surface area contributed by atoms with E-state index in [-0.39, 0.29) is 17.5 Å². The van der Waals surface area contributed by atoms with Gasteiger partial charge in [-0.2, -0.15) is 0 Å². The van der Waals surface area contributed by atoms with Gasteiger partial charge in [0.1, 0.15) is 0 Å². The van der Waals surface area contributed by atoms with Crippen LogP contribution in [0.15, 0.2) is 60.7 Å². The molecule has 1 atom stereocenters. The lowest BCUT2D eigenvalue weighted by Gasteiger charge is -2.26. The summed E-state index contributed by atoms with van der Waals surface area (Å²) in [5.41, 5.74) is 2.24. The standard InChI is InChI=1S/C21H23NO3/c1-3-19(15-17-7-5-4-6-8-17)22(2)20(23)14-11-16-9-12-18(13-10-16)21(24)25/h4-14,19H,3,15H2,1-2H3,(H,24,25). The van der Waals surface area contributed by atoms with E-state index in [4.69, 9.17) is 5.11 Å². The van der Waals surface area contributed by atoms with E-state index in [0.717, 1.165) is 18.4 Å². The highest BCUT2D eigenvalue weighted by Crippen LogP contribution is 2.12. The van der Waals surface area contributed by atoms with Gasteiger partial charge in [-0.25, -0.2) is 4.79 Å². The van der Waals surface area contributed by atoms with Gasteiger partial charge in [-0.3, -0.25) is 4.79 Å². The highest BCUT2D eigenvalue weighted by molar-refractivity contribution is 5.92. The van der Waals surface area contributed by atoms with Crippen LogP contribution in [0.25, 0.3) is 6.08 Å². The monoisotopic (exact) mass is 337 g/mol. The summed E-state index contributed by atoms with van der Waals surface area (Å²) >= 11 is 0. The summed E-state index contributed by atoms with van der Waals surface area (Å²) in [5, 5.41) is 8.90. The third-order valence-electron chi connectivity index (χ3n) is 4.26. The van der Waals surface area contributed by atoms with E-state index in [2.05, 4.69) is 19.1 Å². The van der Waals surface area contributed by atoms with Gasteiger partial charge < -0.3 is 10.0 Å². The van der Waals surface area contributed by atoms with E-state index < -0.39 is 5.97 Å². The Morgan fingerprint density at radius 2 is 1.72 bits per heavy atom. The van der Waals surface area contributed by atoms with Gasteiger partial charge in [0.15, 0.2) is 0 Å². The number of hydrogen-bond acceptors (Lipinski definition) is 2. The molecule has 2 aromatic rings. The average Bonchev–Trinajstić information content (AvgIpc) is 2.64. The molecule has 0 radical (unpaired) electrons. The van der Waals surface area contributed by atoms with Crippen molar-refractivity contribution in [3.8, 4) is 0 Å². The third-order valence-corrected chi connectivity index (χ3v) is 4.26. The van der Waals surface area contributed by atoms with E-state index in [1.165, 1.54) is 23.8 Å². The van der Waals surface area contributed by atoms with Gasteiger partial charge in [0.25, 0.3) is 0 Å². The van der Waals surface area contributed by atoms with Crippen molar-refractivity contribution in [2.45, 2.75) is 25.8 Å². The summed E-state index contributed by atoms with van der Waals surface area (Å²) < 4.78 is 0. The summed E-state index contributed by atoms with van der Waals surface area (Å²) in [6.45, 7) is 2.08. The molecule has 0 aromatic heterocycles. The number of hydrogen-bond donors (Lipinski definition) is 1.